The summed E-state index contributed by atoms with van der Waals surface area (Å²) in [7, 11) is 1.80. The topological polar surface area (TPSA) is 61.8 Å². The van der Waals surface area contributed by atoms with E-state index >= 15 is 0 Å². The van der Waals surface area contributed by atoms with Crippen molar-refractivity contribution < 1.29 is 14.0 Å². The Kier molecular flexibility index (Phi) is 6.13. The Balaban J connectivity index is 1.91. The van der Waals surface area contributed by atoms with Crippen LogP contribution >= 0.6 is 11.3 Å². The molecule has 140 valence electrons. The molecule has 0 saturated heterocycles. The smallest absolute Gasteiger partial charge is 0.167 e. The summed E-state index contributed by atoms with van der Waals surface area (Å²) in [6, 6.07) is 10.1. The van der Waals surface area contributed by atoms with Crippen LogP contribution in [0.5, 0.6) is 0 Å². The van der Waals surface area contributed by atoms with Crippen LogP contribution in [-0.4, -0.2) is 36.9 Å². The highest BCUT2D eigenvalue weighted by Gasteiger charge is 2.22. The van der Waals surface area contributed by atoms with E-state index in [0.29, 0.717) is 23.7 Å². The number of thiophene rings is 1. The molecule has 0 radical (unpaired) electrons. The highest BCUT2D eigenvalue weighted by Crippen LogP contribution is 2.29. The molecule has 7 heteroatoms. The molecule has 3 rings (SSSR count). The summed E-state index contributed by atoms with van der Waals surface area (Å²) >= 11 is 1.53. The second kappa shape index (κ2) is 8.73. The van der Waals surface area contributed by atoms with Gasteiger partial charge in [-0.3, -0.25) is 4.79 Å². The summed E-state index contributed by atoms with van der Waals surface area (Å²) in [6.45, 7) is 0.214. The Morgan fingerprint density at radius 3 is 2.74 bits per heavy atom. The first-order chi connectivity index (χ1) is 13.1. The number of likely N-dealkylation sites (N-methyl/N-ethyl adjacent to an activating group) is 1. The van der Waals surface area contributed by atoms with Gasteiger partial charge >= 0.3 is 0 Å². The van der Waals surface area contributed by atoms with Crippen molar-refractivity contribution in [2.75, 3.05) is 13.6 Å². The van der Waals surface area contributed by atoms with Crippen molar-refractivity contribution in [1.82, 2.24) is 10.2 Å². The molecule has 2 heterocycles. The lowest BCUT2D eigenvalue weighted by molar-refractivity contribution is -0.108. The number of halogens is 1. The third-order valence-electron chi connectivity index (χ3n) is 4.39. The van der Waals surface area contributed by atoms with Gasteiger partial charge in [0.05, 0.1) is 28.9 Å². The predicted molar refractivity (Wildman–Crippen MR) is 104 cm³/mol. The summed E-state index contributed by atoms with van der Waals surface area (Å²) in [5.74, 6) is 0.373. The maximum absolute atomic E-state index is 13.1. The Hall–Kier alpha value is -2.80. The first-order valence-corrected chi connectivity index (χ1v) is 9.48. The standard InChI is InChI=1S/C20H20FN3O2S/c1-24(10-11-25)20(19-3-2-12-27-19)23-17-9-8-16(22-18(17)13-26)14-4-6-15(21)7-5-14/h2-7,11-13,16,22H,8-10H2,1H3/t16-/m0/s1. The van der Waals surface area contributed by atoms with Crippen molar-refractivity contribution >= 4 is 29.7 Å². The molecule has 5 nitrogen and oxygen atoms in total. The number of hydrogen-bond acceptors (Lipinski definition) is 5. The number of amidine groups is 1. The Bertz CT molecular complexity index is 860. The van der Waals surface area contributed by atoms with Crippen LogP contribution in [0.15, 0.2) is 58.2 Å². The average Bonchev–Trinajstić information content (AvgIpc) is 3.21. The van der Waals surface area contributed by atoms with Crippen LogP contribution in [0.3, 0.4) is 0 Å². The van der Waals surface area contributed by atoms with E-state index in [1.54, 1.807) is 24.1 Å². The monoisotopic (exact) mass is 385 g/mol. The Labute approximate surface area is 161 Å². The zero-order valence-corrected chi connectivity index (χ0v) is 15.7. The Morgan fingerprint density at radius 2 is 2.11 bits per heavy atom. The first-order valence-electron chi connectivity index (χ1n) is 8.60. The molecule has 0 spiro atoms. The van der Waals surface area contributed by atoms with Crippen molar-refractivity contribution in [1.29, 1.82) is 0 Å². The first kappa shape index (κ1) is 19.0. The van der Waals surface area contributed by atoms with Crippen LogP contribution in [0.2, 0.25) is 0 Å². The lowest BCUT2D eigenvalue weighted by Crippen LogP contribution is -2.31. The second-order valence-corrected chi connectivity index (χ2v) is 7.17. The average molecular weight is 385 g/mol. The van der Waals surface area contributed by atoms with Gasteiger partial charge in [-0.15, -0.1) is 11.3 Å². The van der Waals surface area contributed by atoms with Gasteiger partial charge in [0, 0.05) is 7.05 Å². The molecular formula is C20H20FN3O2S. The van der Waals surface area contributed by atoms with Crippen molar-refractivity contribution in [2.24, 2.45) is 4.99 Å². The molecule has 1 aromatic heterocycles. The van der Waals surface area contributed by atoms with Gasteiger partial charge in [0.1, 0.15) is 17.9 Å². The van der Waals surface area contributed by atoms with Gasteiger partial charge in [-0.05, 0) is 42.0 Å². The van der Waals surface area contributed by atoms with Gasteiger partial charge in [-0.1, -0.05) is 18.2 Å². The molecule has 1 atom stereocenters. The van der Waals surface area contributed by atoms with Crippen molar-refractivity contribution in [2.45, 2.75) is 18.9 Å². The number of nitrogens with one attached hydrogen (secondary N) is 1. The number of aliphatic imine (C=N–C) groups is 1. The summed E-state index contributed by atoms with van der Waals surface area (Å²) in [5.41, 5.74) is 2.00. The molecule has 1 aliphatic rings. The van der Waals surface area contributed by atoms with Gasteiger partial charge in [0.2, 0.25) is 0 Å². The lowest BCUT2D eigenvalue weighted by atomic mass is 9.96. The second-order valence-electron chi connectivity index (χ2n) is 6.23. The molecule has 0 amide bonds. The largest absolute Gasteiger partial charge is 0.374 e. The zero-order valence-electron chi connectivity index (χ0n) is 14.9. The van der Waals surface area contributed by atoms with E-state index in [1.807, 2.05) is 17.5 Å². The molecule has 0 unspecified atom stereocenters. The van der Waals surface area contributed by atoms with Crippen molar-refractivity contribution in [3.05, 3.63) is 69.4 Å². The molecule has 27 heavy (non-hydrogen) atoms. The molecule has 1 N–H and O–H groups in total. The number of carbonyl (C=O) groups is 2. The zero-order chi connectivity index (χ0) is 19.2. The van der Waals surface area contributed by atoms with Crippen LogP contribution in [0.1, 0.15) is 29.3 Å². The van der Waals surface area contributed by atoms with E-state index in [4.69, 9.17) is 4.99 Å². The number of nitrogens with zero attached hydrogens (tertiary/aromatic N) is 2. The number of aldehydes is 2. The maximum Gasteiger partial charge on any atom is 0.167 e. The number of benzene rings is 1. The summed E-state index contributed by atoms with van der Waals surface area (Å²) < 4.78 is 13.1. The number of hydrogen-bond donors (Lipinski definition) is 1. The van der Waals surface area contributed by atoms with Crippen LogP contribution < -0.4 is 5.32 Å². The van der Waals surface area contributed by atoms with E-state index in [1.165, 1.54) is 23.5 Å². The molecular weight excluding hydrogens is 365 g/mol. The molecule has 0 aliphatic carbocycles. The molecule has 2 aromatic rings. The highest BCUT2D eigenvalue weighted by atomic mass is 32.1. The quantitative estimate of drug-likeness (QED) is 0.471. The van der Waals surface area contributed by atoms with E-state index in [2.05, 4.69) is 5.32 Å². The van der Waals surface area contributed by atoms with Crippen molar-refractivity contribution in [3.63, 3.8) is 0 Å². The lowest BCUT2D eigenvalue weighted by Gasteiger charge is -2.27. The van der Waals surface area contributed by atoms with Gasteiger partial charge in [0.15, 0.2) is 6.29 Å². The van der Waals surface area contributed by atoms with E-state index in [-0.39, 0.29) is 18.4 Å². The normalized spacial score (nSPS) is 17.4. The molecule has 0 saturated carbocycles. The van der Waals surface area contributed by atoms with Gasteiger partial charge in [-0.25, -0.2) is 9.38 Å². The minimum absolute atomic E-state index is 0.0670. The van der Waals surface area contributed by atoms with Gasteiger partial charge in [0.25, 0.3) is 0 Å². The highest BCUT2D eigenvalue weighted by molar-refractivity contribution is 7.12. The Morgan fingerprint density at radius 1 is 1.33 bits per heavy atom. The number of allylic oxidation sites excluding steroid dienone is 2. The van der Waals surface area contributed by atoms with Crippen molar-refractivity contribution in [3.8, 4) is 0 Å². The van der Waals surface area contributed by atoms with E-state index in [0.717, 1.165) is 29.4 Å². The molecule has 1 aliphatic heterocycles. The minimum atomic E-state index is -0.287. The number of carbonyl (C=O) groups excluding carboxylic acids is 2. The summed E-state index contributed by atoms with van der Waals surface area (Å²) in [5, 5.41) is 5.15. The van der Waals surface area contributed by atoms with Gasteiger partial charge < -0.3 is 15.0 Å². The van der Waals surface area contributed by atoms with Gasteiger partial charge in [-0.2, -0.15) is 0 Å². The predicted octanol–water partition coefficient (Wildman–Crippen LogP) is 3.30. The number of rotatable bonds is 6. The fraction of sp³-hybridized carbons (Fsp3) is 0.250. The fourth-order valence-electron chi connectivity index (χ4n) is 2.98. The molecule has 0 bridgehead atoms. The van der Waals surface area contributed by atoms with Crippen LogP contribution in [0.25, 0.3) is 0 Å². The van der Waals surface area contributed by atoms with Crippen LogP contribution in [0.4, 0.5) is 4.39 Å². The van der Waals surface area contributed by atoms with E-state index in [9.17, 15) is 14.0 Å². The maximum atomic E-state index is 13.1. The fourth-order valence-corrected chi connectivity index (χ4v) is 3.75. The molecule has 1 aromatic carbocycles. The summed E-state index contributed by atoms with van der Waals surface area (Å²) in [4.78, 5) is 30.0. The third-order valence-corrected chi connectivity index (χ3v) is 5.26. The van der Waals surface area contributed by atoms with Crippen LogP contribution in [0, 0.1) is 5.82 Å². The third kappa shape index (κ3) is 4.49. The van der Waals surface area contributed by atoms with Crippen LogP contribution in [-0.2, 0) is 9.59 Å². The SMILES string of the molecule is CN(CC=O)C(=NC1=C(C=O)N[C@H](c2ccc(F)cc2)CC1)c1cccs1. The summed E-state index contributed by atoms with van der Waals surface area (Å²) in [6.07, 6.45) is 2.92. The minimum Gasteiger partial charge on any atom is -0.374 e. The molecule has 0 fully saturated rings. The van der Waals surface area contributed by atoms with E-state index < -0.39 is 0 Å².